The third kappa shape index (κ3) is 3.06. The van der Waals surface area contributed by atoms with E-state index in [1.54, 1.807) is 16.8 Å². The van der Waals surface area contributed by atoms with Crippen molar-refractivity contribution in [3.63, 3.8) is 0 Å². The summed E-state index contributed by atoms with van der Waals surface area (Å²) >= 11 is 7.53. The number of carboxylic acids is 1. The van der Waals surface area contributed by atoms with Crippen molar-refractivity contribution in [3.05, 3.63) is 23.0 Å². The van der Waals surface area contributed by atoms with Crippen LogP contribution in [0.2, 0.25) is 5.02 Å². The largest absolute Gasteiger partial charge is 0.480 e. The van der Waals surface area contributed by atoms with Crippen LogP contribution in [0.1, 0.15) is 43.7 Å². The molecule has 0 radical (unpaired) electrons. The fourth-order valence-corrected chi connectivity index (χ4v) is 4.07. The molecule has 1 N–H and O–H groups in total. The number of aromatic nitrogens is 1. The molecule has 1 aliphatic rings. The maximum atomic E-state index is 12.8. The minimum atomic E-state index is -0.958. The average molecular weight is 331 g/mol. The molecular formula is C14H19ClN2O3S. The van der Waals surface area contributed by atoms with Crippen molar-refractivity contribution in [1.29, 1.82) is 0 Å². The van der Waals surface area contributed by atoms with Crippen LogP contribution in [0.15, 0.2) is 12.3 Å². The van der Waals surface area contributed by atoms with Crippen LogP contribution >= 0.6 is 23.4 Å². The van der Waals surface area contributed by atoms with E-state index in [9.17, 15) is 14.7 Å². The number of carbonyl (C=O) groups excluding carboxylic acids is 1. The van der Waals surface area contributed by atoms with Crippen molar-refractivity contribution < 1.29 is 14.7 Å². The predicted molar refractivity (Wildman–Crippen MR) is 84.0 cm³/mol. The van der Waals surface area contributed by atoms with Gasteiger partial charge in [-0.3, -0.25) is 4.79 Å². The summed E-state index contributed by atoms with van der Waals surface area (Å²) in [5, 5.41) is 9.72. The molecule has 0 aromatic carbocycles. The lowest BCUT2D eigenvalue weighted by molar-refractivity contribution is -0.141. The Morgan fingerprint density at radius 2 is 2.19 bits per heavy atom. The number of amides is 1. The van der Waals surface area contributed by atoms with Gasteiger partial charge in [-0.05, 0) is 26.3 Å². The predicted octanol–water partition coefficient (Wildman–Crippen LogP) is 3.10. The van der Waals surface area contributed by atoms with Crippen LogP contribution < -0.4 is 0 Å². The molecule has 2 unspecified atom stereocenters. The first kappa shape index (κ1) is 16.2. The molecule has 21 heavy (non-hydrogen) atoms. The molecule has 1 aromatic heterocycles. The maximum Gasteiger partial charge on any atom is 0.327 e. The molecule has 116 valence electrons. The molecule has 0 spiro atoms. The molecular weight excluding hydrogens is 312 g/mol. The lowest BCUT2D eigenvalue weighted by Gasteiger charge is -2.27. The van der Waals surface area contributed by atoms with E-state index < -0.39 is 12.0 Å². The number of hydrogen-bond donors (Lipinski definition) is 1. The van der Waals surface area contributed by atoms with Crippen LogP contribution in [-0.2, 0) is 4.79 Å². The Morgan fingerprint density at radius 1 is 1.52 bits per heavy atom. The first-order valence-corrected chi connectivity index (χ1v) is 8.33. The molecule has 1 amide bonds. The van der Waals surface area contributed by atoms with E-state index in [2.05, 4.69) is 0 Å². The van der Waals surface area contributed by atoms with Crippen molar-refractivity contribution in [3.8, 4) is 0 Å². The fourth-order valence-electron chi connectivity index (χ4n) is 2.52. The quantitative estimate of drug-likeness (QED) is 0.921. The second kappa shape index (κ2) is 6.32. The highest BCUT2D eigenvalue weighted by molar-refractivity contribution is 8.00. The third-order valence-electron chi connectivity index (χ3n) is 3.55. The Labute approximate surface area is 133 Å². The van der Waals surface area contributed by atoms with E-state index in [-0.39, 0.29) is 17.3 Å². The van der Waals surface area contributed by atoms with Gasteiger partial charge in [-0.2, -0.15) is 0 Å². The van der Waals surface area contributed by atoms with E-state index in [0.29, 0.717) is 16.5 Å². The normalized spacial score (nSPS) is 22.0. The minimum Gasteiger partial charge on any atom is -0.480 e. The Balaban J connectivity index is 2.39. The van der Waals surface area contributed by atoms with Gasteiger partial charge in [0.1, 0.15) is 11.7 Å². The topological polar surface area (TPSA) is 62.5 Å². The van der Waals surface area contributed by atoms with Crippen LogP contribution in [0.5, 0.6) is 0 Å². The highest BCUT2D eigenvalue weighted by Crippen LogP contribution is 2.33. The number of carboxylic acid groups (broad SMARTS) is 1. The van der Waals surface area contributed by atoms with Gasteiger partial charge in [0.05, 0.1) is 10.4 Å². The first-order chi connectivity index (χ1) is 9.86. The van der Waals surface area contributed by atoms with Gasteiger partial charge in [-0.25, -0.2) is 4.79 Å². The molecule has 7 heteroatoms. The summed E-state index contributed by atoms with van der Waals surface area (Å²) in [4.78, 5) is 25.7. The molecule has 2 rings (SSSR count). The van der Waals surface area contributed by atoms with Crippen LogP contribution in [0.4, 0.5) is 0 Å². The zero-order chi connectivity index (χ0) is 15.7. The van der Waals surface area contributed by atoms with Crippen molar-refractivity contribution >= 4 is 35.2 Å². The molecule has 1 fully saturated rings. The maximum absolute atomic E-state index is 12.8. The van der Waals surface area contributed by atoms with Gasteiger partial charge in [-0.1, -0.05) is 18.5 Å². The van der Waals surface area contributed by atoms with E-state index in [1.807, 2.05) is 20.8 Å². The van der Waals surface area contributed by atoms with E-state index >= 15 is 0 Å². The SMILES string of the molecule is CCC1SCC(C(=O)O)N1C(=O)c1cc(Cl)cn1C(C)C. The van der Waals surface area contributed by atoms with Crippen molar-refractivity contribution in [2.45, 2.75) is 44.6 Å². The van der Waals surface area contributed by atoms with Gasteiger partial charge >= 0.3 is 5.97 Å². The number of thioether (sulfide) groups is 1. The van der Waals surface area contributed by atoms with Gasteiger partial charge in [0.15, 0.2) is 0 Å². The fraction of sp³-hybridized carbons (Fsp3) is 0.571. The molecule has 0 aliphatic carbocycles. The molecule has 5 nitrogen and oxygen atoms in total. The van der Waals surface area contributed by atoms with Gasteiger partial charge in [-0.15, -0.1) is 11.8 Å². The summed E-state index contributed by atoms with van der Waals surface area (Å²) in [6, 6.07) is 0.912. The standard InChI is InChI=1S/C14H19ClN2O3S/c1-4-12-17(11(7-21-12)14(19)20)13(18)10-5-9(15)6-16(10)8(2)3/h5-6,8,11-12H,4,7H2,1-3H3,(H,19,20). The smallest absolute Gasteiger partial charge is 0.327 e. The monoisotopic (exact) mass is 330 g/mol. The number of aliphatic carboxylic acids is 1. The Kier molecular flexibility index (Phi) is 4.88. The van der Waals surface area contributed by atoms with Gasteiger partial charge in [0.2, 0.25) is 0 Å². The number of carbonyl (C=O) groups is 2. The Hall–Kier alpha value is -1.14. The van der Waals surface area contributed by atoms with E-state index in [0.717, 1.165) is 6.42 Å². The van der Waals surface area contributed by atoms with Crippen molar-refractivity contribution in [2.24, 2.45) is 0 Å². The number of halogens is 1. The second-order valence-electron chi connectivity index (χ2n) is 5.31. The lowest BCUT2D eigenvalue weighted by atomic mass is 10.2. The summed E-state index contributed by atoms with van der Waals surface area (Å²) in [5.41, 5.74) is 0.446. The molecule has 1 aromatic rings. The Bertz CT molecular complexity index is 558. The second-order valence-corrected chi connectivity index (χ2v) is 6.95. The highest BCUT2D eigenvalue weighted by Gasteiger charge is 2.42. The number of hydrogen-bond acceptors (Lipinski definition) is 3. The molecule has 0 bridgehead atoms. The molecule has 1 saturated heterocycles. The van der Waals surface area contributed by atoms with Gasteiger partial charge in [0, 0.05) is 18.0 Å². The summed E-state index contributed by atoms with van der Waals surface area (Å²) in [6.07, 6.45) is 2.43. The van der Waals surface area contributed by atoms with Crippen LogP contribution in [0.3, 0.4) is 0 Å². The van der Waals surface area contributed by atoms with Gasteiger partial charge < -0.3 is 14.6 Å². The lowest BCUT2D eigenvalue weighted by Crippen LogP contribution is -2.46. The van der Waals surface area contributed by atoms with Gasteiger partial charge in [0.25, 0.3) is 5.91 Å². The minimum absolute atomic E-state index is 0.0788. The van der Waals surface area contributed by atoms with Crippen LogP contribution in [0, 0.1) is 0 Å². The van der Waals surface area contributed by atoms with E-state index in [1.165, 1.54) is 16.7 Å². The average Bonchev–Trinajstić information content (AvgIpc) is 3.00. The highest BCUT2D eigenvalue weighted by atomic mass is 35.5. The summed E-state index contributed by atoms with van der Waals surface area (Å²) in [7, 11) is 0. The first-order valence-electron chi connectivity index (χ1n) is 6.91. The summed E-state index contributed by atoms with van der Waals surface area (Å²) in [5.74, 6) is -0.796. The van der Waals surface area contributed by atoms with Crippen LogP contribution in [0.25, 0.3) is 0 Å². The van der Waals surface area contributed by atoms with Crippen molar-refractivity contribution in [2.75, 3.05) is 5.75 Å². The van der Waals surface area contributed by atoms with Crippen LogP contribution in [-0.4, -0.2) is 43.6 Å². The van der Waals surface area contributed by atoms with E-state index in [4.69, 9.17) is 11.6 Å². The zero-order valence-corrected chi connectivity index (χ0v) is 13.8. The molecule has 1 aliphatic heterocycles. The molecule has 2 atom stereocenters. The summed E-state index contributed by atoms with van der Waals surface area (Å²) in [6.45, 7) is 5.87. The number of nitrogens with zero attached hydrogens (tertiary/aromatic N) is 2. The summed E-state index contributed by atoms with van der Waals surface area (Å²) < 4.78 is 1.79. The Morgan fingerprint density at radius 3 is 2.71 bits per heavy atom. The zero-order valence-electron chi connectivity index (χ0n) is 12.2. The third-order valence-corrected chi connectivity index (χ3v) is 5.21. The molecule has 0 saturated carbocycles. The number of rotatable bonds is 4. The van der Waals surface area contributed by atoms with Crippen molar-refractivity contribution in [1.82, 2.24) is 9.47 Å². The molecule has 2 heterocycles.